The Bertz CT molecular complexity index is 933. The molecule has 0 unspecified atom stereocenters. The van der Waals surface area contributed by atoms with Gasteiger partial charge in [0, 0.05) is 29.7 Å². The first kappa shape index (κ1) is 16.9. The number of nitrogens with one attached hydrogen (secondary N) is 2. The average molecular weight is 349 g/mol. The summed E-state index contributed by atoms with van der Waals surface area (Å²) in [5.41, 5.74) is 4.53. The van der Waals surface area contributed by atoms with Gasteiger partial charge in [-0.2, -0.15) is 5.10 Å². The zero-order valence-electron chi connectivity index (χ0n) is 13.6. The van der Waals surface area contributed by atoms with E-state index in [-0.39, 0.29) is 5.69 Å². The molecule has 0 aliphatic carbocycles. The van der Waals surface area contributed by atoms with Crippen molar-refractivity contribution >= 4 is 23.6 Å². The van der Waals surface area contributed by atoms with Crippen molar-refractivity contribution in [3.8, 4) is 5.69 Å². The number of benzene rings is 2. The minimum atomic E-state index is -0.458. The molecule has 0 atom stereocenters. The molecule has 0 aliphatic rings. The Kier molecular flexibility index (Phi) is 5.04. The molecule has 8 nitrogen and oxygen atoms in total. The predicted molar refractivity (Wildman–Crippen MR) is 98.6 cm³/mol. The van der Waals surface area contributed by atoms with Crippen molar-refractivity contribution in [1.82, 2.24) is 9.99 Å². The molecule has 2 amide bonds. The minimum absolute atomic E-state index is 0.0235. The Hall–Kier alpha value is -3.94. The monoisotopic (exact) mass is 349 g/mol. The van der Waals surface area contributed by atoms with Crippen molar-refractivity contribution in [2.24, 2.45) is 5.10 Å². The highest BCUT2D eigenvalue weighted by Gasteiger charge is 2.06. The predicted octanol–water partition coefficient (Wildman–Crippen LogP) is 3.54. The van der Waals surface area contributed by atoms with Crippen LogP contribution in [-0.4, -0.2) is 21.7 Å². The van der Waals surface area contributed by atoms with Gasteiger partial charge < -0.3 is 9.88 Å². The van der Waals surface area contributed by atoms with E-state index in [1.54, 1.807) is 35.0 Å². The van der Waals surface area contributed by atoms with Gasteiger partial charge in [0.05, 0.1) is 16.8 Å². The number of aromatic nitrogens is 1. The Morgan fingerprint density at radius 1 is 1.04 bits per heavy atom. The average Bonchev–Trinajstić information content (AvgIpc) is 3.11. The third-order valence-electron chi connectivity index (χ3n) is 3.51. The Morgan fingerprint density at radius 2 is 1.77 bits per heavy atom. The summed E-state index contributed by atoms with van der Waals surface area (Å²) in [5.74, 6) is 0. The lowest BCUT2D eigenvalue weighted by atomic mass is 10.3. The zero-order valence-corrected chi connectivity index (χ0v) is 13.6. The Labute approximate surface area is 148 Å². The fourth-order valence-electron chi connectivity index (χ4n) is 2.31. The molecule has 0 spiro atoms. The highest BCUT2D eigenvalue weighted by atomic mass is 16.6. The third-order valence-corrected chi connectivity index (χ3v) is 3.51. The number of hydrogen-bond acceptors (Lipinski definition) is 4. The highest BCUT2D eigenvalue weighted by Crippen LogP contribution is 2.16. The van der Waals surface area contributed by atoms with E-state index in [1.807, 2.05) is 30.3 Å². The summed E-state index contributed by atoms with van der Waals surface area (Å²) in [5, 5.41) is 17.3. The van der Waals surface area contributed by atoms with E-state index in [2.05, 4.69) is 15.8 Å². The van der Waals surface area contributed by atoms with Crippen LogP contribution in [0.3, 0.4) is 0 Å². The first-order chi connectivity index (χ1) is 12.6. The second-order valence-corrected chi connectivity index (χ2v) is 5.27. The maximum absolute atomic E-state index is 11.8. The molecular weight excluding hydrogens is 334 g/mol. The number of rotatable bonds is 5. The van der Waals surface area contributed by atoms with E-state index in [0.717, 1.165) is 5.69 Å². The van der Waals surface area contributed by atoms with Crippen molar-refractivity contribution in [3.05, 3.63) is 88.7 Å². The first-order valence-corrected chi connectivity index (χ1v) is 7.71. The van der Waals surface area contributed by atoms with Crippen LogP contribution in [0.4, 0.5) is 16.2 Å². The lowest BCUT2D eigenvalue weighted by Gasteiger charge is -2.06. The standard InChI is InChI=1S/C18H15N5O3/c24-18(20-14-5-2-1-3-6-14)21-19-13-17-7-4-12-22(17)15-8-10-16(11-9-15)23(25)26/h1-13H,(H2,20,21,24). The summed E-state index contributed by atoms with van der Waals surface area (Å²) in [6, 6.07) is 18.3. The molecule has 3 aromatic rings. The number of hydrogen-bond donors (Lipinski definition) is 2. The largest absolute Gasteiger partial charge is 0.339 e. The van der Waals surface area contributed by atoms with Gasteiger partial charge in [0.1, 0.15) is 0 Å². The van der Waals surface area contributed by atoms with Gasteiger partial charge in [-0.15, -0.1) is 0 Å². The molecule has 0 bridgehead atoms. The van der Waals surface area contributed by atoms with E-state index in [4.69, 9.17) is 0 Å². The summed E-state index contributed by atoms with van der Waals surface area (Å²) in [6.07, 6.45) is 3.29. The molecule has 3 rings (SSSR count). The lowest BCUT2D eigenvalue weighted by Crippen LogP contribution is -2.24. The molecule has 2 N–H and O–H groups in total. The summed E-state index contributed by atoms with van der Waals surface area (Å²) in [7, 11) is 0. The van der Waals surface area contributed by atoms with Gasteiger partial charge in [0.25, 0.3) is 5.69 Å². The van der Waals surface area contributed by atoms with Crippen LogP contribution in [-0.2, 0) is 0 Å². The molecule has 1 heterocycles. The van der Waals surface area contributed by atoms with Gasteiger partial charge >= 0.3 is 6.03 Å². The van der Waals surface area contributed by atoms with Crippen molar-refractivity contribution in [2.45, 2.75) is 0 Å². The third kappa shape index (κ3) is 4.12. The number of carbonyl (C=O) groups excluding carboxylic acids is 1. The molecule has 2 aromatic carbocycles. The molecular formula is C18H15N5O3. The van der Waals surface area contributed by atoms with Crippen LogP contribution in [0.2, 0.25) is 0 Å². The first-order valence-electron chi connectivity index (χ1n) is 7.71. The molecule has 0 fully saturated rings. The number of non-ortho nitro benzene ring substituents is 1. The SMILES string of the molecule is O=C(NN=Cc1cccn1-c1ccc([N+](=O)[O-])cc1)Nc1ccccc1. The molecule has 26 heavy (non-hydrogen) atoms. The van der Waals surface area contributed by atoms with E-state index in [1.165, 1.54) is 18.3 Å². The maximum atomic E-state index is 11.8. The summed E-state index contributed by atoms with van der Waals surface area (Å²) < 4.78 is 1.80. The van der Waals surface area contributed by atoms with Crippen LogP contribution in [0, 0.1) is 10.1 Å². The second-order valence-electron chi connectivity index (χ2n) is 5.27. The van der Waals surface area contributed by atoms with E-state index < -0.39 is 11.0 Å². The topological polar surface area (TPSA) is 102 Å². The van der Waals surface area contributed by atoms with E-state index >= 15 is 0 Å². The molecule has 0 saturated carbocycles. The van der Waals surface area contributed by atoms with Gasteiger partial charge in [-0.05, 0) is 36.4 Å². The van der Waals surface area contributed by atoms with Crippen LogP contribution >= 0.6 is 0 Å². The molecule has 0 radical (unpaired) electrons. The normalized spacial score (nSPS) is 10.6. The van der Waals surface area contributed by atoms with Crippen LogP contribution in [0.25, 0.3) is 5.69 Å². The lowest BCUT2D eigenvalue weighted by molar-refractivity contribution is -0.384. The number of amides is 2. The van der Waals surface area contributed by atoms with Crippen molar-refractivity contribution in [2.75, 3.05) is 5.32 Å². The van der Waals surface area contributed by atoms with Gasteiger partial charge in [-0.3, -0.25) is 10.1 Å². The zero-order chi connectivity index (χ0) is 18.4. The van der Waals surface area contributed by atoms with E-state index in [0.29, 0.717) is 11.4 Å². The van der Waals surface area contributed by atoms with Gasteiger partial charge in [-0.1, -0.05) is 18.2 Å². The fourth-order valence-corrected chi connectivity index (χ4v) is 2.31. The molecule has 0 aliphatic heterocycles. The number of nitrogens with zero attached hydrogens (tertiary/aromatic N) is 3. The van der Waals surface area contributed by atoms with Gasteiger partial charge in [0.2, 0.25) is 0 Å². The van der Waals surface area contributed by atoms with Crippen LogP contribution in [0.1, 0.15) is 5.69 Å². The number of nitro benzene ring substituents is 1. The highest BCUT2D eigenvalue weighted by molar-refractivity contribution is 5.90. The molecule has 130 valence electrons. The Balaban J connectivity index is 1.66. The molecule has 1 aromatic heterocycles. The number of hydrazone groups is 1. The van der Waals surface area contributed by atoms with Crippen LogP contribution < -0.4 is 10.7 Å². The van der Waals surface area contributed by atoms with Crippen LogP contribution in [0.5, 0.6) is 0 Å². The number of nitro groups is 1. The number of para-hydroxylation sites is 1. The smallest absolute Gasteiger partial charge is 0.316 e. The fraction of sp³-hybridized carbons (Fsp3) is 0. The van der Waals surface area contributed by atoms with E-state index in [9.17, 15) is 14.9 Å². The quantitative estimate of drug-likeness (QED) is 0.418. The van der Waals surface area contributed by atoms with Crippen molar-refractivity contribution in [1.29, 1.82) is 0 Å². The van der Waals surface area contributed by atoms with Crippen LogP contribution in [0.15, 0.2) is 78.0 Å². The number of carbonyl (C=O) groups is 1. The summed E-state index contributed by atoms with van der Waals surface area (Å²) in [4.78, 5) is 22.1. The molecule has 0 saturated heterocycles. The minimum Gasteiger partial charge on any atom is -0.316 e. The maximum Gasteiger partial charge on any atom is 0.339 e. The Morgan fingerprint density at radius 3 is 2.46 bits per heavy atom. The number of urea groups is 1. The van der Waals surface area contributed by atoms with Crippen molar-refractivity contribution < 1.29 is 9.72 Å². The van der Waals surface area contributed by atoms with Crippen molar-refractivity contribution in [3.63, 3.8) is 0 Å². The second kappa shape index (κ2) is 7.75. The number of anilines is 1. The van der Waals surface area contributed by atoms with Gasteiger partial charge in [-0.25, -0.2) is 10.2 Å². The summed E-state index contributed by atoms with van der Waals surface area (Å²) >= 11 is 0. The summed E-state index contributed by atoms with van der Waals surface area (Å²) in [6.45, 7) is 0. The molecule has 8 heteroatoms. The van der Waals surface area contributed by atoms with Gasteiger partial charge in [0.15, 0.2) is 0 Å².